The van der Waals surface area contributed by atoms with Gasteiger partial charge in [-0.25, -0.2) is 4.79 Å². The van der Waals surface area contributed by atoms with Crippen LogP contribution in [0, 0.1) is 0 Å². The Kier molecular flexibility index (Phi) is 4.72. The van der Waals surface area contributed by atoms with Crippen LogP contribution in [0.3, 0.4) is 0 Å². The van der Waals surface area contributed by atoms with Gasteiger partial charge in [-0.1, -0.05) is 0 Å². The quantitative estimate of drug-likeness (QED) is 0.937. The summed E-state index contributed by atoms with van der Waals surface area (Å²) in [6, 6.07) is 2.13. The molecule has 2 aromatic heterocycles. The Labute approximate surface area is 134 Å². The molecule has 3 rings (SSSR count). The molecule has 0 saturated carbocycles. The van der Waals surface area contributed by atoms with E-state index in [1.807, 2.05) is 16.5 Å². The average Bonchev–Trinajstić information content (AvgIpc) is 3.19. The lowest BCUT2D eigenvalue weighted by molar-refractivity contribution is 0.178. The van der Waals surface area contributed by atoms with Crippen molar-refractivity contribution in [2.45, 2.75) is 25.2 Å². The van der Waals surface area contributed by atoms with Crippen LogP contribution in [0.2, 0.25) is 0 Å². The number of thiophene rings is 1. The number of hydrogen-bond acceptors (Lipinski definition) is 4. The zero-order valence-electron chi connectivity index (χ0n) is 12.7. The fourth-order valence-corrected chi connectivity index (χ4v) is 3.60. The Balaban J connectivity index is 1.51. The fourth-order valence-electron chi connectivity index (χ4n) is 2.89. The van der Waals surface area contributed by atoms with Crippen molar-refractivity contribution < 1.29 is 4.79 Å². The Morgan fingerprint density at radius 2 is 2.45 bits per heavy atom. The van der Waals surface area contributed by atoms with Crippen molar-refractivity contribution in [1.29, 1.82) is 0 Å². The molecule has 2 amide bonds. The Morgan fingerprint density at radius 3 is 3.18 bits per heavy atom. The van der Waals surface area contributed by atoms with E-state index >= 15 is 0 Å². The largest absolute Gasteiger partial charge is 0.338 e. The molecule has 1 aliphatic heterocycles. The number of carbonyl (C=O) groups excluding carboxylic acids is 1. The zero-order valence-corrected chi connectivity index (χ0v) is 13.6. The smallest absolute Gasteiger partial charge is 0.317 e. The number of urea groups is 1. The molecule has 0 spiro atoms. The Morgan fingerprint density at radius 1 is 1.55 bits per heavy atom. The molecule has 0 radical (unpaired) electrons. The van der Waals surface area contributed by atoms with E-state index in [2.05, 4.69) is 32.3 Å². The minimum Gasteiger partial charge on any atom is -0.338 e. The molecule has 0 aliphatic carbocycles. The predicted molar refractivity (Wildman–Crippen MR) is 86.0 cm³/mol. The highest BCUT2D eigenvalue weighted by molar-refractivity contribution is 7.07. The molecule has 6 nitrogen and oxygen atoms in total. The van der Waals surface area contributed by atoms with Crippen LogP contribution in [-0.4, -0.2) is 45.3 Å². The Bertz CT molecular complexity index is 609. The van der Waals surface area contributed by atoms with Crippen molar-refractivity contribution in [3.63, 3.8) is 0 Å². The minimum atomic E-state index is 0.0297. The third kappa shape index (κ3) is 3.47. The van der Waals surface area contributed by atoms with Crippen molar-refractivity contribution in [2.75, 3.05) is 19.6 Å². The van der Waals surface area contributed by atoms with Crippen molar-refractivity contribution in [2.24, 2.45) is 7.05 Å². The summed E-state index contributed by atoms with van der Waals surface area (Å²) >= 11 is 1.69. The summed E-state index contributed by atoms with van der Waals surface area (Å²) in [5.74, 6) is 1.25. The van der Waals surface area contributed by atoms with Gasteiger partial charge in [0.25, 0.3) is 0 Å². The van der Waals surface area contributed by atoms with Crippen LogP contribution in [0.4, 0.5) is 4.79 Å². The van der Waals surface area contributed by atoms with Crippen LogP contribution in [-0.2, 0) is 13.5 Å². The highest BCUT2D eigenvalue weighted by atomic mass is 32.1. The highest BCUT2D eigenvalue weighted by Crippen LogP contribution is 2.24. The van der Waals surface area contributed by atoms with Crippen LogP contribution >= 0.6 is 11.3 Å². The summed E-state index contributed by atoms with van der Waals surface area (Å²) in [6.07, 6.45) is 4.67. The van der Waals surface area contributed by atoms with E-state index in [0.29, 0.717) is 6.54 Å². The summed E-state index contributed by atoms with van der Waals surface area (Å²) < 4.78 is 1.95. The van der Waals surface area contributed by atoms with E-state index in [1.165, 1.54) is 5.56 Å². The van der Waals surface area contributed by atoms with Crippen molar-refractivity contribution in [3.8, 4) is 0 Å². The molecule has 1 fully saturated rings. The lowest BCUT2D eigenvalue weighted by Crippen LogP contribution is -2.45. The first-order valence-corrected chi connectivity index (χ1v) is 8.56. The summed E-state index contributed by atoms with van der Waals surface area (Å²) in [5, 5.41) is 15.3. The molecule has 0 bridgehead atoms. The molecule has 3 heterocycles. The third-order valence-electron chi connectivity index (χ3n) is 4.09. The number of rotatable bonds is 4. The number of aryl methyl sites for hydroxylation is 1. The molecule has 22 heavy (non-hydrogen) atoms. The predicted octanol–water partition coefficient (Wildman–Crippen LogP) is 2.01. The van der Waals surface area contributed by atoms with Gasteiger partial charge in [-0.3, -0.25) is 0 Å². The molecule has 0 aromatic carbocycles. The molecular formula is C15H21N5OS. The number of amides is 2. The number of likely N-dealkylation sites (tertiary alicyclic amines) is 1. The van der Waals surface area contributed by atoms with Crippen LogP contribution in [0.25, 0.3) is 0 Å². The number of piperidine rings is 1. The molecule has 7 heteroatoms. The van der Waals surface area contributed by atoms with E-state index in [4.69, 9.17) is 0 Å². The van der Waals surface area contributed by atoms with Crippen LogP contribution < -0.4 is 5.32 Å². The standard InChI is InChI=1S/C15H21N5OS/c1-19-11-17-18-14(19)13-3-2-7-20(9-13)15(21)16-6-4-12-5-8-22-10-12/h5,8,10-11,13H,2-4,6-7,9H2,1H3,(H,16,21). The van der Waals surface area contributed by atoms with Crippen molar-refractivity contribution >= 4 is 17.4 Å². The van der Waals surface area contributed by atoms with Gasteiger partial charge in [-0.05, 0) is 41.7 Å². The van der Waals surface area contributed by atoms with Crippen LogP contribution in [0.5, 0.6) is 0 Å². The maximum absolute atomic E-state index is 12.3. The van der Waals surface area contributed by atoms with Gasteiger partial charge >= 0.3 is 6.03 Å². The first-order chi connectivity index (χ1) is 10.7. The van der Waals surface area contributed by atoms with Gasteiger partial charge in [0.15, 0.2) is 0 Å². The maximum Gasteiger partial charge on any atom is 0.317 e. The van der Waals surface area contributed by atoms with Gasteiger partial charge in [0, 0.05) is 32.6 Å². The number of nitrogens with one attached hydrogen (secondary N) is 1. The molecular weight excluding hydrogens is 298 g/mol. The fraction of sp³-hybridized carbons (Fsp3) is 0.533. The number of aromatic nitrogens is 3. The monoisotopic (exact) mass is 319 g/mol. The van der Waals surface area contributed by atoms with E-state index in [1.54, 1.807) is 17.7 Å². The first-order valence-electron chi connectivity index (χ1n) is 7.62. The second-order valence-electron chi connectivity index (χ2n) is 5.70. The second-order valence-corrected chi connectivity index (χ2v) is 6.48. The van der Waals surface area contributed by atoms with E-state index in [-0.39, 0.29) is 11.9 Å². The zero-order chi connectivity index (χ0) is 15.4. The van der Waals surface area contributed by atoms with Crippen LogP contribution in [0.15, 0.2) is 23.2 Å². The summed E-state index contributed by atoms with van der Waals surface area (Å²) in [5.41, 5.74) is 1.28. The average molecular weight is 319 g/mol. The lowest BCUT2D eigenvalue weighted by atomic mass is 9.97. The third-order valence-corrected chi connectivity index (χ3v) is 4.82. The van der Waals surface area contributed by atoms with Gasteiger partial charge in [0.05, 0.1) is 0 Å². The number of hydrogen-bond donors (Lipinski definition) is 1. The highest BCUT2D eigenvalue weighted by Gasteiger charge is 2.27. The normalized spacial score (nSPS) is 18.4. The number of nitrogens with zero attached hydrogens (tertiary/aromatic N) is 4. The topological polar surface area (TPSA) is 63.1 Å². The van der Waals surface area contributed by atoms with Gasteiger partial charge in [0.1, 0.15) is 12.2 Å². The summed E-state index contributed by atoms with van der Waals surface area (Å²) in [6.45, 7) is 2.22. The molecule has 1 unspecified atom stereocenters. The van der Waals surface area contributed by atoms with Crippen LogP contribution in [0.1, 0.15) is 30.1 Å². The molecule has 2 aromatic rings. The second kappa shape index (κ2) is 6.91. The van der Waals surface area contributed by atoms with Crippen molar-refractivity contribution in [1.82, 2.24) is 25.0 Å². The Hall–Kier alpha value is -1.89. The van der Waals surface area contributed by atoms with E-state index in [0.717, 1.165) is 38.2 Å². The van der Waals surface area contributed by atoms with Gasteiger partial charge < -0.3 is 14.8 Å². The molecule has 118 valence electrons. The molecule has 1 aliphatic rings. The van der Waals surface area contributed by atoms with E-state index in [9.17, 15) is 4.79 Å². The van der Waals surface area contributed by atoms with E-state index < -0.39 is 0 Å². The number of carbonyl (C=O) groups is 1. The first kappa shape index (κ1) is 15.0. The van der Waals surface area contributed by atoms with Gasteiger partial charge in [-0.15, -0.1) is 10.2 Å². The van der Waals surface area contributed by atoms with Gasteiger partial charge in [0.2, 0.25) is 0 Å². The van der Waals surface area contributed by atoms with Gasteiger partial charge in [-0.2, -0.15) is 11.3 Å². The SMILES string of the molecule is Cn1cnnc1C1CCCN(C(=O)NCCc2ccsc2)C1. The van der Waals surface area contributed by atoms with Crippen molar-refractivity contribution in [3.05, 3.63) is 34.5 Å². The summed E-state index contributed by atoms with van der Waals surface area (Å²) in [7, 11) is 1.95. The molecule has 1 saturated heterocycles. The lowest BCUT2D eigenvalue weighted by Gasteiger charge is -2.32. The molecule has 1 N–H and O–H groups in total. The summed E-state index contributed by atoms with van der Waals surface area (Å²) in [4.78, 5) is 14.2. The minimum absolute atomic E-state index is 0.0297. The molecule has 1 atom stereocenters. The maximum atomic E-state index is 12.3.